The van der Waals surface area contributed by atoms with E-state index in [1.807, 2.05) is 12.1 Å². The third-order valence-electron chi connectivity index (χ3n) is 6.85. The quantitative estimate of drug-likeness (QED) is 0.419. The maximum atomic E-state index is 6.70. The normalized spacial score (nSPS) is 19.4. The van der Waals surface area contributed by atoms with Crippen molar-refractivity contribution in [1.82, 2.24) is 4.90 Å². The van der Waals surface area contributed by atoms with Gasteiger partial charge in [0.05, 0.1) is 30.0 Å². The molecule has 0 spiro atoms. The molecule has 2 heterocycles. The molecule has 0 bridgehead atoms. The van der Waals surface area contributed by atoms with Crippen molar-refractivity contribution < 1.29 is 4.74 Å². The van der Waals surface area contributed by atoms with Crippen molar-refractivity contribution >= 4 is 34.6 Å². The van der Waals surface area contributed by atoms with Crippen LogP contribution in [0, 0.1) is 6.92 Å². The molecule has 2 fully saturated rings. The molecule has 0 aliphatic carbocycles. The molecule has 0 amide bonds. The molecule has 178 valence electrons. The monoisotopic (exact) mass is 495 g/mol. The third-order valence-corrected chi connectivity index (χ3v) is 7.41. The molecule has 6 heteroatoms. The van der Waals surface area contributed by atoms with E-state index >= 15 is 0 Å². The highest BCUT2D eigenvalue weighted by molar-refractivity contribution is 6.33. The van der Waals surface area contributed by atoms with Crippen LogP contribution in [0.25, 0.3) is 0 Å². The first kappa shape index (κ1) is 23.5. The van der Waals surface area contributed by atoms with Gasteiger partial charge in [0, 0.05) is 50.0 Å². The van der Waals surface area contributed by atoms with Crippen LogP contribution in [-0.2, 0) is 11.3 Å². The predicted octanol–water partition coefficient (Wildman–Crippen LogP) is 6.20. The number of hydrogen-bond donors (Lipinski definition) is 0. The average Bonchev–Trinajstić information content (AvgIpc) is 2.86. The summed E-state index contributed by atoms with van der Waals surface area (Å²) in [4.78, 5) is 7.39. The highest BCUT2D eigenvalue weighted by atomic mass is 35.5. The number of aryl methyl sites for hydroxylation is 1. The number of piperazine rings is 1. The number of nitrogens with zero attached hydrogens (tertiary/aromatic N) is 3. The lowest BCUT2D eigenvalue weighted by Crippen LogP contribution is -2.48. The topological polar surface area (TPSA) is 19.0 Å². The SMILES string of the molecule is Cc1ccc(N2CCN(Cc3ccc(N4CCOCC4)cc3)C[C@@H]2c2ccc(Cl)cc2)c(Cl)c1. The van der Waals surface area contributed by atoms with E-state index in [4.69, 9.17) is 27.9 Å². The molecule has 4 nitrogen and oxygen atoms in total. The average molecular weight is 496 g/mol. The van der Waals surface area contributed by atoms with Crippen LogP contribution in [0.2, 0.25) is 10.0 Å². The lowest BCUT2D eigenvalue weighted by molar-refractivity contribution is 0.122. The van der Waals surface area contributed by atoms with Gasteiger partial charge in [-0.05, 0) is 60.0 Å². The molecule has 0 unspecified atom stereocenters. The highest BCUT2D eigenvalue weighted by Gasteiger charge is 2.29. The van der Waals surface area contributed by atoms with Crippen molar-refractivity contribution in [2.75, 3.05) is 55.7 Å². The second-order valence-corrected chi connectivity index (χ2v) is 10.1. The summed E-state index contributed by atoms with van der Waals surface area (Å²) < 4.78 is 5.48. The summed E-state index contributed by atoms with van der Waals surface area (Å²) in [6.07, 6.45) is 0. The van der Waals surface area contributed by atoms with Crippen molar-refractivity contribution in [1.29, 1.82) is 0 Å². The zero-order valence-corrected chi connectivity index (χ0v) is 21.1. The first-order valence-electron chi connectivity index (χ1n) is 12.0. The number of anilines is 2. The number of ether oxygens (including phenoxy) is 1. The van der Waals surface area contributed by atoms with Gasteiger partial charge in [-0.15, -0.1) is 0 Å². The van der Waals surface area contributed by atoms with Gasteiger partial charge in [0.2, 0.25) is 0 Å². The first-order chi connectivity index (χ1) is 16.6. The Labute approximate surface area is 212 Å². The molecule has 0 aromatic heterocycles. The Morgan fingerprint density at radius 1 is 0.853 bits per heavy atom. The fraction of sp³-hybridized carbons (Fsp3) is 0.357. The van der Waals surface area contributed by atoms with E-state index in [1.54, 1.807) is 0 Å². The zero-order valence-electron chi connectivity index (χ0n) is 19.6. The van der Waals surface area contributed by atoms with E-state index in [9.17, 15) is 0 Å². The summed E-state index contributed by atoms with van der Waals surface area (Å²) >= 11 is 12.9. The van der Waals surface area contributed by atoms with Gasteiger partial charge in [0.1, 0.15) is 0 Å². The maximum Gasteiger partial charge on any atom is 0.0670 e. The van der Waals surface area contributed by atoms with Crippen molar-refractivity contribution in [3.8, 4) is 0 Å². The van der Waals surface area contributed by atoms with Gasteiger partial charge in [0.15, 0.2) is 0 Å². The van der Waals surface area contributed by atoms with Crippen molar-refractivity contribution in [2.24, 2.45) is 0 Å². The van der Waals surface area contributed by atoms with Crippen LogP contribution < -0.4 is 9.80 Å². The van der Waals surface area contributed by atoms with Gasteiger partial charge >= 0.3 is 0 Å². The Morgan fingerprint density at radius 2 is 1.59 bits per heavy atom. The zero-order chi connectivity index (χ0) is 23.5. The van der Waals surface area contributed by atoms with Crippen LogP contribution in [-0.4, -0.2) is 50.8 Å². The summed E-state index contributed by atoms with van der Waals surface area (Å²) in [6.45, 7) is 9.39. The largest absolute Gasteiger partial charge is 0.378 e. The van der Waals surface area contributed by atoms with E-state index in [2.05, 4.69) is 76.2 Å². The van der Waals surface area contributed by atoms with E-state index < -0.39 is 0 Å². The van der Waals surface area contributed by atoms with Gasteiger partial charge in [0.25, 0.3) is 0 Å². The first-order valence-corrected chi connectivity index (χ1v) is 12.7. The molecule has 34 heavy (non-hydrogen) atoms. The third kappa shape index (κ3) is 5.36. The summed E-state index contributed by atoms with van der Waals surface area (Å²) in [7, 11) is 0. The van der Waals surface area contributed by atoms with Crippen LogP contribution >= 0.6 is 23.2 Å². The minimum Gasteiger partial charge on any atom is -0.378 e. The highest BCUT2D eigenvalue weighted by Crippen LogP contribution is 2.36. The van der Waals surface area contributed by atoms with Gasteiger partial charge in [-0.1, -0.05) is 53.5 Å². The minimum atomic E-state index is 0.207. The number of rotatable bonds is 5. The molecule has 3 aromatic rings. The van der Waals surface area contributed by atoms with E-state index in [0.29, 0.717) is 0 Å². The van der Waals surface area contributed by atoms with Crippen molar-refractivity contribution in [3.05, 3.63) is 93.5 Å². The summed E-state index contributed by atoms with van der Waals surface area (Å²) in [5.41, 5.74) is 6.16. The molecule has 5 rings (SSSR count). The van der Waals surface area contributed by atoms with E-state index in [0.717, 1.165) is 68.2 Å². The molecule has 0 saturated carbocycles. The summed E-state index contributed by atoms with van der Waals surface area (Å²) in [6, 6.07) is 23.8. The Balaban J connectivity index is 1.34. The standard InChI is InChI=1S/C28H31Cl2N3O/c1-21-2-11-27(26(30)18-21)33-13-12-31(20-28(33)23-5-7-24(29)8-6-23)19-22-3-9-25(10-4-22)32-14-16-34-17-15-32/h2-11,18,28H,12-17,19-20H2,1H3/t28-/m1/s1. The van der Waals surface area contributed by atoms with Crippen molar-refractivity contribution in [3.63, 3.8) is 0 Å². The molecule has 2 saturated heterocycles. The van der Waals surface area contributed by atoms with Gasteiger partial charge in [-0.25, -0.2) is 0 Å². The summed E-state index contributed by atoms with van der Waals surface area (Å²) in [5.74, 6) is 0. The van der Waals surface area contributed by atoms with Crippen LogP contribution in [0.1, 0.15) is 22.7 Å². The molecule has 0 radical (unpaired) electrons. The van der Waals surface area contributed by atoms with Gasteiger partial charge in [-0.3, -0.25) is 4.90 Å². The molecule has 3 aromatic carbocycles. The maximum absolute atomic E-state index is 6.70. The Morgan fingerprint density at radius 3 is 2.29 bits per heavy atom. The molecule has 2 aliphatic rings. The lowest BCUT2D eigenvalue weighted by atomic mass is 10.0. The number of morpholine rings is 1. The molecule has 0 N–H and O–H groups in total. The van der Waals surface area contributed by atoms with Crippen LogP contribution in [0.15, 0.2) is 66.7 Å². The smallest absolute Gasteiger partial charge is 0.0670 e. The minimum absolute atomic E-state index is 0.207. The molecule has 1 atom stereocenters. The van der Waals surface area contributed by atoms with Crippen LogP contribution in [0.4, 0.5) is 11.4 Å². The van der Waals surface area contributed by atoms with E-state index in [1.165, 1.54) is 22.4 Å². The van der Waals surface area contributed by atoms with Gasteiger partial charge in [-0.2, -0.15) is 0 Å². The van der Waals surface area contributed by atoms with E-state index in [-0.39, 0.29) is 6.04 Å². The molecule has 2 aliphatic heterocycles. The molecular formula is C28H31Cl2N3O. The fourth-order valence-corrected chi connectivity index (χ4v) is 5.45. The second kappa shape index (κ2) is 10.6. The van der Waals surface area contributed by atoms with Crippen molar-refractivity contribution in [2.45, 2.75) is 19.5 Å². The van der Waals surface area contributed by atoms with Gasteiger partial charge < -0.3 is 14.5 Å². The predicted molar refractivity (Wildman–Crippen MR) is 142 cm³/mol. The summed E-state index contributed by atoms with van der Waals surface area (Å²) in [5, 5.41) is 1.57. The fourth-order valence-electron chi connectivity index (χ4n) is 4.98. The Kier molecular flexibility index (Phi) is 7.31. The lowest BCUT2D eigenvalue weighted by Gasteiger charge is -2.43. The second-order valence-electron chi connectivity index (χ2n) is 9.22. The van der Waals surface area contributed by atoms with Crippen LogP contribution in [0.5, 0.6) is 0 Å². The number of halogens is 2. The Bertz CT molecular complexity index is 1100. The number of benzene rings is 3. The number of hydrogen-bond acceptors (Lipinski definition) is 4. The molecular weight excluding hydrogens is 465 g/mol. The Hall–Kier alpha value is -2.24. The van der Waals surface area contributed by atoms with Crippen LogP contribution in [0.3, 0.4) is 0 Å².